The molecule has 3 aromatic carbocycles. The number of aryl methyl sites for hydroxylation is 3. The van der Waals surface area contributed by atoms with Gasteiger partial charge in [-0.05, 0) is 67.8 Å². The molecular formula is C25H24BrN3O3. The standard InChI is InChI=1S/C25H24BrN3O3/c1-15-4-7-18(8-5-15)14-27-23(30)25(32)21-13-19(26)9-11-22(21)28-24(31)29(25)20-10-6-16(2)17(3)12-20/h4-13,32H,14H2,1-3H3,(H,27,30)(H,28,31). The van der Waals surface area contributed by atoms with E-state index in [4.69, 9.17) is 0 Å². The molecule has 3 N–H and O–H groups in total. The molecular weight excluding hydrogens is 470 g/mol. The first kappa shape index (κ1) is 22.0. The Morgan fingerprint density at radius 2 is 1.75 bits per heavy atom. The first-order valence-electron chi connectivity index (χ1n) is 10.2. The molecule has 3 amide bonds. The summed E-state index contributed by atoms with van der Waals surface area (Å²) in [7, 11) is 0. The number of urea groups is 1. The van der Waals surface area contributed by atoms with Gasteiger partial charge in [-0.15, -0.1) is 0 Å². The van der Waals surface area contributed by atoms with Crippen molar-refractivity contribution in [2.75, 3.05) is 10.2 Å². The number of hydrogen-bond donors (Lipinski definition) is 3. The van der Waals surface area contributed by atoms with Gasteiger partial charge in [0.1, 0.15) is 0 Å². The van der Waals surface area contributed by atoms with Crippen LogP contribution in [0.3, 0.4) is 0 Å². The Labute approximate surface area is 195 Å². The molecule has 6 nitrogen and oxygen atoms in total. The lowest BCUT2D eigenvalue weighted by Crippen LogP contribution is -2.62. The molecule has 0 aromatic heterocycles. The third-order valence-electron chi connectivity index (χ3n) is 5.76. The fourth-order valence-electron chi connectivity index (χ4n) is 3.76. The number of fused-ring (bicyclic) bond motifs is 1. The Hall–Kier alpha value is -3.16. The highest BCUT2D eigenvalue weighted by molar-refractivity contribution is 9.10. The molecule has 0 saturated heterocycles. The zero-order valence-electron chi connectivity index (χ0n) is 18.1. The molecule has 0 fully saturated rings. The predicted molar refractivity (Wildman–Crippen MR) is 128 cm³/mol. The van der Waals surface area contributed by atoms with Crippen molar-refractivity contribution in [3.63, 3.8) is 0 Å². The first-order valence-corrected chi connectivity index (χ1v) is 11.0. The summed E-state index contributed by atoms with van der Waals surface area (Å²) in [5.41, 5.74) is 2.83. The van der Waals surface area contributed by atoms with Crippen molar-refractivity contribution < 1.29 is 14.7 Å². The number of amides is 3. The fraction of sp³-hybridized carbons (Fsp3) is 0.200. The van der Waals surface area contributed by atoms with Crippen LogP contribution in [-0.4, -0.2) is 17.0 Å². The Morgan fingerprint density at radius 3 is 2.44 bits per heavy atom. The van der Waals surface area contributed by atoms with Crippen molar-refractivity contribution in [2.24, 2.45) is 0 Å². The lowest BCUT2D eigenvalue weighted by atomic mass is 9.94. The molecule has 4 rings (SSSR count). The van der Waals surface area contributed by atoms with Gasteiger partial charge in [0.2, 0.25) is 0 Å². The molecule has 1 aliphatic rings. The van der Waals surface area contributed by atoms with Crippen LogP contribution < -0.4 is 15.5 Å². The van der Waals surface area contributed by atoms with Crippen molar-refractivity contribution in [3.05, 3.63) is 93.0 Å². The van der Waals surface area contributed by atoms with E-state index in [1.807, 2.05) is 51.1 Å². The molecule has 3 aromatic rings. The first-order chi connectivity index (χ1) is 15.2. The molecule has 7 heteroatoms. The van der Waals surface area contributed by atoms with E-state index in [0.717, 1.165) is 27.2 Å². The monoisotopic (exact) mass is 493 g/mol. The number of nitrogens with zero attached hydrogens (tertiary/aromatic N) is 1. The van der Waals surface area contributed by atoms with Crippen LogP contribution in [0.15, 0.2) is 65.1 Å². The topological polar surface area (TPSA) is 81.7 Å². The van der Waals surface area contributed by atoms with Crippen molar-refractivity contribution in [3.8, 4) is 0 Å². The van der Waals surface area contributed by atoms with Gasteiger partial charge < -0.3 is 15.7 Å². The Kier molecular flexibility index (Phi) is 5.79. The SMILES string of the molecule is Cc1ccc(CNC(=O)C2(O)c3cc(Br)ccc3NC(=O)N2c2ccc(C)c(C)c2)cc1. The maximum Gasteiger partial charge on any atom is 0.329 e. The molecule has 0 saturated carbocycles. The van der Waals surface area contributed by atoms with Crippen LogP contribution in [0.25, 0.3) is 0 Å². The number of halogens is 1. The van der Waals surface area contributed by atoms with Gasteiger partial charge in [0, 0.05) is 22.3 Å². The highest BCUT2D eigenvalue weighted by atomic mass is 79.9. The number of rotatable bonds is 4. The normalized spacial score (nSPS) is 17.5. The summed E-state index contributed by atoms with van der Waals surface area (Å²) in [5.74, 6) is -0.689. The summed E-state index contributed by atoms with van der Waals surface area (Å²) in [4.78, 5) is 27.8. The van der Waals surface area contributed by atoms with E-state index >= 15 is 0 Å². The average molecular weight is 494 g/mol. The van der Waals surface area contributed by atoms with Crippen molar-refractivity contribution in [2.45, 2.75) is 33.0 Å². The summed E-state index contributed by atoms with van der Waals surface area (Å²) in [5, 5.41) is 17.5. The third kappa shape index (κ3) is 3.89. The number of hydrogen-bond acceptors (Lipinski definition) is 3. The number of aliphatic hydroxyl groups is 1. The van der Waals surface area contributed by atoms with E-state index < -0.39 is 17.7 Å². The summed E-state index contributed by atoms with van der Waals surface area (Å²) in [6.07, 6.45) is 0. The van der Waals surface area contributed by atoms with Crippen LogP contribution in [0.5, 0.6) is 0 Å². The van der Waals surface area contributed by atoms with Gasteiger partial charge in [0.05, 0.1) is 5.69 Å². The summed E-state index contributed by atoms with van der Waals surface area (Å²) < 4.78 is 0.678. The summed E-state index contributed by atoms with van der Waals surface area (Å²) in [6.45, 7) is 6.08. The number of anilines is 2. The Balaban J connectivity index is 1.79. The van der Waals surface area contributed by atoms with Gasteiger partial charge in [-0.25, -0.2) is 4.79 Å². The fourth-order valence-corrected chi connectivity index (χ4v) is 4.12. The number of nitrogens with one attached hydrogen (secondary N) is 2. The van der Waals surface area contributed by atoms with Gasteiger partial charge in [-0.1, -0.05) is 51.8 Å². The molecule has 1 heterocycles. The van der Waals surface area contributed by atoms with Crippen molar-refractivity contribution >= 4 is 39.2 Å². The van der Waals surface area contributed by atoms with Crippen LogP contribution in [0.2, 0.25) is 0 Å². The Bertz CT molecular complexity index is 1210. The summed E-state index contributed by atoms with van der Waals surface area (Å²) >= 11 is 3.41. The number of benzene rings is 3. The average Bonchev–Trinajstić information content (AvgIpc) is 2.76. The lowest BCUT2D eigenvalue weighted by Gasteiger charge is -2.43. The molecule has 164 valence electrons. The lowest BCUT2D eigenvalue weighted by molar-refractivity contribution is -0.140. The van der Waals surface area contributed by atoms with Crippen LogP contribution >= 0.6 is 15.9 Å². The molecule has 1 unspecified atom stereocenters. The second-order valence-corrected chi connectivity index (χ2v) is 8.98. The highest BCUT2D eigenvalue weighted by Gasteiger charge is 2.52. The van der Waals surface area contributed by atoms with E-state index in [9.17, 15) is 14.7 Å². The van der Waals surface area contributed by atoms with Gasteiger partial charge in [0.15, 0.2) is 0 Å². The van der Waals surface area contributed by atoms with E-state index in [-0.39, 0.29) is 12.1 Å². The van der Waals surface area contributed by atoms with Crippen LogP contribution in [-0.2, 0) is 17.1 Å². The summed E-state index contributed by atoms with van der Waals surface area (Å²) in [6, 6.07) is 17.6. The zero-order chi connectivity index (χ0) is 23.0. The minimum absolute atomic E-state index is 0.215. The van der Waals surface area contributed by atoms with Gasteiger partial charge in [-0.2, -0.15) is 0 Å². The molecule has 0 radical (unpaired) electrons. The molecule has 1 atom stereocenters. The largest absolute Gasteiger partial charge is 0.359 e. The van der Waals surface area contributed by atoms with Gasteiger partial charge in [-0.3, -0.25) is 9.69 Å². The predicted octanol–water partition coefficient (Wildman–Crippen LogP) is 4.89. The van der Waals surface area contributed by atoms with E-state index in [1.165, 1.54) is 0 Å². The third-order valence-corrected chi connectivity index (χ3v) is 6.26. The number of carbonyl (C=O) groups is 2. The molecule has 0 bridgehead atoms. The molecule has 1 aliphatic heterocycles. The molecule has 0 spiro atoms. The zero-order valence-corrected chi connectivity index (χ0v) is 19.7. The molecule has 0 aliphatic carbocycles. The minimum atomic E-state index is -2.24. The van der Waals surface area contributed by atoms with E-state index in [2.05, 4.69) is 26.6 Å². The Morgan fingerprint density at radius 1 is 1.03 bits per heavy atom. The quantitative estimate of drug-likeness (QED) is 0.483. The van der Waals surface area contributed by atoms with Crippen LogP contribution in [0.1, 0.15) is 27.8 Å². The van der Waals surface area contributed by atoms with Crippen molar-refractivity contribution in [1.29, 1.82) is 0 Å². The maximum atomic E-state index is 13.5. The second kappa shape index (κ2) is 8.41. The van der Waals surface area contributed by atoms with E-state index in [0.29, 0.717) is 15.8 Å². The van der Waals surface area contributed by atoms with Crippen molar-refractivity contribution in [1.82, 2.24) is 5.32 Å². The van der Waals surface area contributed by atoms with Crippen LogP contribution in [0.4, 0.5) is 16.2 Å². The molecule has 32 heavy (non-hydrogen) atoms. The second-order valence-electron chi connectivity index (χ2n) is 8.06. The maximum absolute atomic E-state index is 13.5. The van der Waals surface area contributed by atoms with E-state index in [1.54, 1.807) is 30.3 Å². The minimum Gasteiger partial charge on any atom is -0.359 e. The number of carbonyl (C=O) groups excluding carboxylic acids is 2. The van der Waals surface area contributed by atoms with Gasteiger partial charge >= 0.3 is 6.03 Å². The highest BCUT2D eigenvalue weighted by Crippen LogP contribution is 2.41. The van der Waals surface area contributed by atoms with Crippen LogP contribution in [0, 0.1) is 20.8 Å². The smallest absolute Gasteiger partial charge is 0.329 e. The van der Waals surface area contributed by atoms with Gasteiger partial charge in [0.25, 0.3) is 11.6 Å².